The quantitative estimate of drug-likeness (QED) is 0.298. The fourth-order valence-electron chi connectivity index (χ4n) is 11.2. The number of carbonyl (C=O) groups excluding carboxylic acids is 1. The normalized spacial score (nSPS) is 25.3. The predicted molar refractivity (Wildman–Crippen MR) is 226 cm³/mol. The van der Waals surface area contributed by atoms with E-state index in [4.69, 9.17) is 15.1 Å². The average molecular weight is 835 g/mol. The third-order valence-corrected chi connectivity index (χ3v) is 17.9. The zero-order valence-electron chi connectivity index (χ0n) is 34.8. The van der Waals surface area contributed by atoms with Crippen LogP contribution in [0.2, 0.25) is 0 Å². The van der Waals surface area contributed by atoms with E-state index < -0.39 is 31.3 Å². The van der Waals surface area contributed by atoms with Crippen LogP contribution in [0.5, 0.6) is 5.75 Å². The first-order chi connectivity index (χ1) is 27.4. The number of urea groups is 1. The molecule has 2 aromatic carbocycles. The van der Waals surface area contributed by atoms with Crippen LogP contribution < -0.4 is 19.9 Å². The molecule has 2 amide bonds. The number of nitrogens with two attached hydrogens (primary N) is 1. The molecule has 0 bridgehead atoms. The van der Waals surface area contributed by atoms with Gasteiger partial charge in [-0.2, -0.15) is 0 Å². The number of primary sulfonamides is 1. The minimum absolute atomic E-state index is 0.271. The van der Waals surface area contributed by atoms with Crippen LogP contribution in [-0.2, 0) is 71.4 Å². The Labute approximate surface area is 345 Å². The maximum Gasteiger partial charge on any atom is 0.332 e. The van der Waals surface area contributed by atoms with Crippen molar-refractivity contribution in [3.63, 3.8) is 0 Å². The molecule has 6 aliphatic carbocycles. The van der Waals surface area contributed by atoms with Crippen molar-refractivity contribution >= 4 is 31.8 Å². The summed E-state index contributed by atoms with van der Waals surface area (Å²) < 4.78 is 54.9. The van der Waals surface area contributed by atoms with E-state index in [-0.39, 0.29) is 10.7 Å². The second kappa shape index (κ2) is 15.7. The summed E-state index contributed by atoms with van der Waals surface area (Å²) in [6.45, 7) is 11.3. The summed E-state index contributed by atoms with van der Waals surface area (Å²) in [6, 6.07) is 5.07. The number of rotatable bonds is 7. The van der Waals surface area contributed by atoms with Gasteiger partial charge < -0.3 is 10.1 Å². The van der Waals surface area contributed by atoms with Crippen molar-refractivity contribution in [3.8, 4) is 12.0 Å². The summed E-state index contributed by atoms with van der Waals surface area (Å²) in [4.78, 5) is 17.1. The summed E-state index contributed by atoms with van der Waals surface area (Å²) >= 11 is 0. The van der Waals surface area contributed by atoms with E-state index in [0.29, 0.717) is 43.7 Å². The highest BCUT2D eigenvalue weighted by molar-refractivity contribution is 7.90. The van der Waals surface area contributed by atoms with Gasteiger partial charge >= 0.3 is 6.03 Å². The van der Waals surface area contributed by atoms with E-state index in [1.807, 2.05) is 6.26 Å². The highest BCUT2D eigenvalue weighted by atomic mass is 32.2. The first-order valence-electron chi connectivity index (χ1n) is 21.7. The summed E-state index contributed by atoms with van der Waals surface area (Å²) in [6.07, 6.45) is 19.7. The lowest BCUT2D eigenvalue weighted by Gasteiger charge is -2.55. The topological polar surface area (TPSA) is 175 Å². The third kappa shape index (κ3) is 8.03. The van der Waals surface area contributed by atoms with E-state index in [9.17, 15) is 21.6 Å². The Bertz CT molecular complexity index is 2160. The molecule has 2 saturated heterocycles. The van der Waals surface area contributed by atoms with Gasteiger partial charge in [-0.05, 0) is 158 Å². The molecule has 2 heterocycles. The van der Waals surface area contributed by atoms with Crippen LogP contribution in [0.4, 0.5) is 10.5 Å². The number of likely N-dealkylation sites (tertiary alicyclic amines) is 2. The van der Waals surface area contributed by atoms with Gasteiger partial charge in [0.1, 0.15) is 16.2 Å². The molecular weight excluding hydrogens is 773 g/mol. The van der Waals surface area contributed by atoms with Gasteiger partial charge in [-0.15, -0.1) is 5.26 Å². The van der Waals surface area contributed by atoms with E-state index in [1.54, 1.807) is 0 Å². The molecule has 10 rings (SSSR count). The standard InChI is InChI=1S/C22H31N3O3S.C13H13NO.C9H18N2O2S/c1-22(2)10-9-19(22)25-12-16(13-25)29(27,28)24-21(26)23-20-17-7-3-5-14(17)11-15-6-4-8-18(15)20;14-8-15-13-11-5-1-3-9(11)7-10-4-2-6-12(10)13;1-9(2)4-3-8(9)11-5-7(6-11)14(10,12)13/h11,16,19H,3-10,12-13H2,1-2H3,(H2,23,24,26);7H,1-6H2;7-8H,3-6H2,1-2H3,(H2,10,12,13). The van der Waals surface area contributed by atoms with Crippen LogP contribution in [0.25, 0.3) is 0 Å². The minimum Gasteiger partial charge on any atom is -0.387 e. The number of benzene rings is 2. The number of ether oxygens (including phenoxy) is 1. The van der Waals surface area contributed by atoms with Gasteiger partial charge in [0, 0.05) is 44.0 Å². The van der Waals surface area contributed by atoms with Crippen LogP contribution in [0.3, 0.4) is 0 Å². The lowest BCUT2D eigenvalue weighted by molar-refractivity contribution is -0.0315. The van der Waals surface area contributed by atoms with Gasteiger partial charge in [0.05, 0.1) is 0 Å². The SMILES string of the molecule is CC1(C)CCC1N1CC(S(=O)(=O)NC(=O)Nc2c3c(cc4c2CCC4)CCC3)C1.CC1(C)CCC1N1CC(S(N)(=O)=O)C1.N#COc1c2c(cc3c1CCC3)CCC2. The maximum absolute atomic E-state index is 12.7. The summed E-state index contributed by atoms with van der Waals surface area (Å²) in [5.74, 6) is 0.903. The van der Waals surface area contributed by atoms with Crippen molar-refractivity contribution in [2.75, 3.05) is 31.5 Å². The maximum atomic E-state index is 12.7. The first-order valence-corrected chi connectivity index (χ1v) is 24.8. The average Bonchev–Trinajstić information content (AvgIpc) is 3.93. The monoisotopic (exact) mass is 834 g/mol. The number of aryl methyl sites for hydroxylation is 4. The minimum atomic E-state index is -3.66. The van der Waals surface area contributed by atoms with Crippen LogP contribution in [-0.4, -0.2) is 81.4 Å². The molecule has 2 saturated carbocycles. The lowest BCUT2D eigenvalue weighted by Crippen LogP contribution is -2.66. The molecular formula is C44H62N6O6S2. The zero-order valence-corrected chi connectivity index (χ0v) is 36.4. The van der Waals surface area contributed by atoms with Gasteiger partial charge in [0.2, 0.25) is 20.0 Å². The van der Waals surface area contributed by atoms with Crippen molar-refractivity contribution in [1.82, 2.24) is 14.5 Å². The van der Waals surface area contributed by atoms with Gasteiger partial charge in [0.15, 0.2) is 0 Å². The number of nitriles is 1. The fourth-order valence-corrected chi connectivity index (χ4v) is 13.2. The lowest BCUT2D eigenvalue weighted by atomic mass is 9.66. The number of nitrogens with one attached hydrogen (secondary N) is 2. The number of fused-ring (bicyclic) bond motifs is 4. The molecule has 0 aromatic heterocycles. The summed E-state index contributed by atoms with van der Waals surface area (Å²) in [5.41, 5.74) is 12.0. The van der Waals surface area contributed by atoms with Crippen molar-refractivity contribution < 1.29 is 26.4 Å². The molecule has 2 atom stereocenters. The zero-order chi connectivity index (χ0) is 41.2. The summed E-state index contributed by atoms with van der Waals surface area (Å²) in [5, 5.41) is 15.9. The molecule has 58 heavy (non-hydrogen) atoms. The molecule has 2 aromatic rings. The Balaban J connectivity index is 0.000000135. The molecule has 2 unspecified atom stereocenters. The Morgan fingerprint density at radius 3 is 1.50 bits per heavy atom. The van der Waals surface area contributed by atoms with Crippen LogP contribution in [0.15, 0.2) is 12.1 Å². The second-order valence-electron chi connectivity index (χ2n) is 19.5. The van der Waals surface area contributed by atoms with E-state index in [0.717, 1.165) is 82.1 Å². The number of hydrogen-bond donors (Lipinski definition) is 3. The number of sulfonamides is 2. The van der Waals surface area contributed by atoms with Crippen molar-refractivity contribution in [2.24, 2.45) is 16.0 Å². The molecule has 4 N–H and O–H groups in total. The Morgan fingerprint density at radius 1 is 0.707 bits per heavy atom. The van der Waals surface area contributed by atoms with Crippen LogP contribution in [0, 0.1) is 22.3 Å². The van der Waals surface area contributed by atoms with E-state index in [2.05, 4.69) is 59.7 Å². The van der Waals surface area contributed by atoms with Gasteiger partial charge in [-0.25, -0.2) is 31.5 Å². The largest absolute Gasteiger partial charge is 0.387 e. The van der Waals surface area contributed by atoms with E-state index >= 15 is 0 Å². The van der Waals surface area contributed by atoms with Crippen molar-refractivity contribution in [2.45, 2.75) is 153 Å². The molecule has 2 aliphatic heterocycles. The van der Waals surface area contributed by atoms with Gasteiger partial charge in [0.25, 0.3) is 6.26 Å². The van der Waals surface area contributed by atoms with Crippen LogP contribution >= 0.6 is 0 Å². The van der Waals surface area contributed by atoms with E-state index in [1.165, 1.54) is 76.6 Å². The second-order valence-corrected chi connectivity index (χ2v) is 23.3. The van der Waals surface area contributed by atoms with Crippen LogP contribution in [0.1, 0.15) is 124 Å². The van der Waals surface area contributed by atoms with Gasteiger partial charge in [-0.1, -0.05) is 39.8 Å². The molecule has 316 valence electrons. The molecule has 4 fully saturated rings. The molecule has 12 nitrogen and oxygen atoms in total. The van der Waals surface area contributed by atoms with Gasteiger partial charge in [-0.3, -0.25) is 9.80 Å². The Hall–Kier alpha value is -3.22. The number of hydrogen-bond acceptors (Lipinski definition) is 9. The predicted octanol–water partition coefficient (Wildman–Crippen LogP) is 5.66. The van der Waals surface area contributed by atoms with Crippen molar-refractivity contribution in [3.05, 3.63) is 56.6 Å². The molecule has 0 radical (unpaired) electrons. The fraction of sp³-hybridized carbons (Fsp3) is 0.682. The smallest absolute Gasteiger partial charge is 0.332 e. The third-order valence-electron chi connectivity index (χ3n) is 15.0. The Morgan fingerprint density at radius 2 is 1.12 bits per heavy atom. The summed E-state index contributed by atoms with van der Waals surface area (Å²) in [7, 11) is -6.96. The number of anilines is 1. The molecule has 0 spiro atoms. The first kappa shape index (κ1) is 41.5. The highest BCUT2D eigenvalue weighted by Gasteiger charge is 2.50. The number of carbonyl (C=O) groups is 1. The highest BCUT2D eigenvalue weighted by Crippen LogP contribution is 2.47. The number of nitrogens with zero attached hydrogens (tertiary/aromatic N) is 3. The van der Waals surface area contributed by atoms with Crippen molar-refractivity contribution in [1.29, 1.82) is 5.26 Å². The molecule has 14 heteroatoms. The Kier molecular flexibility index (Phi) is 11.2. The molecule has 8 aliphatic rings. The number of amides is 2.